The maximum atomic E-state index is 12.3. The molecule has 0 saturated carbocycles. The van der Waals surface area contributed by atoms with Crippen LogP contribution in [0.5, 0.6) is 0 Å². The van der Waals surface area contributed by atoms with Crippen LogP contribution in [0.4, 0.5) is 5.69 Å². The van der Waals surface area contributed by atoms with E-state index in [1.54, 1.807) is 24.1 Å². The maximum absolute atomic E-state index is 12.3. The number of amides is 1. The fourth-order valence-electron chi connectivity index (χ4n) is 2.41. The van der Waals surface area contributed by atoms with Crippen LogP contribution in [0.15, 0.2) is 22.7 Å². The Balaban J connectivity index is 2.01. The summed E-state index contributed by atoms with van der Waals surface area (Å²) in [6.45, 7) is 3.65. The lowest BCUT2D eigenvalue weighted by Gasteiger charge is -2.21. The van der Waals surface area contributed by atoms with Crippen LogP contribution in [0.25, 0.3) is 0 Å². The molecule has 0 unspecified atom stereocenters. The molecule has 0 bridgehead atoms. The van der Waals surface area contributed by atoms with Crippen LogP contribution in [0.3, 0.4) is 0 Å². The highest BCUT2D eigenvalue weighted by atomic mass is 79.9. The van der Waals surface area contributed by atoms with E-state index in [4.69, 9.17) is 0 Å². The van der Waals surface area contributed by atoms with Gasteiger partial charge in [-0.05, 0) is 54.0 Å². The van der Waals surface area contributed by atoms with Crippen molar-refractivity contribution < 1.29 is 9.72 Å². The Labute approximate surface area is 132 Å². The second kappa shape index (κ2) is 7.00. The highest BCUT2D eigenvalue weighted by Gasteiger charge is 2.19. The van der Waals surface area contributed by atoms with E-state index in [1.807, 2.05) is 0 Å². The summed E-state index contributed by atoms with van der Waals surface area (Å²) in [5.74, 6) is -0.190. The Bertz CT molecular complexity index is 544. The molecule has 1 heterocycles. The Morgan fingerprint density at radius 2 is 2.10 bits per heavy atom. The third-order valence-corrected chi connectivity index (χ3v) is 4.36. The van der Waals surface area contributed by atoms with Gasteiger partial charge in [0, 0.05) is 31.8 Å². The first kappa shape index (κ1) is 15.9. The second-order valence-electron chi connectivity index (χ2n) is 5.20. The quantitative estimate of drug-likeness (QED) is 0.601. The molecule has 0 radical (unpaired) electrons. The third kappa shape index (κ3) is 4.01. The number of benzene rings is 1. The zero-order chi connectivity index (χ0) is 15.4. The van der Waals surface area contributed by atoms with E-state index in [2.05, 4.69) is 20.8 Å². The molecule has 7 heteroatoms. The van der Waals surface area contributed by atoms with Crippen molar-refractivity contribution >= 4 is 27.5 Å². The molecule has 6 nitrogen and oxygen atoms in total. The van der Waals surface area contributed by atoms with Crippen LogP contribution in [0.1, 0.15) is 23.2 Å². The lowest BCUT2D eigenvalue weighted by molar-refractivity contribution is -0.385. The van der Waals surface area contributed by atoms with Crippen LogP contribution in [-0.2, 0) is 0 Å². The number of hydrogen-bond acceptors (Lipinski definition) is 4. The topological polar surface area (TPSA) is 66.7 Å². The van der Waals surface area contributed by atoms with E-state index in [9.17, 15) is 14.9 Å². The minimum atomic E-state index is -0.495. The molecule has 114 valence electrons. The highest BCUT2D eigenvalue weighted by molar-refractivity contribution is 9.10. The monoisotopic (exact) mass is 355 g/mol. The molecule has 1 aliphatic rings. The van der Waals surface area contributed by atoms with E-state index >= 15 is 0 Å². The number of nitrogens with zero attached hydrogens (tertiary/aromatic N) is 3. The molecule has 1 aromatic carbocycles. The van der Waals surface area contributed by atoms with Crippen molar-refractivity contribution in [2.45, 2.75) is 12.8 Å². The van der Waals surface area contributed by atoms with Gasteiger partial charge >= 0.3 is 0 Å². The average Bonchev–Trinajstić information content (AvgIpc) is 2.97. The smallest absolute Gasteiger partial charge is 0.284 e. The van der Waals surface area contributed by atoms with Crippen molar-refractivity contribution in [3.63, 3.8) is 0 Å². The second-order valence-corrected chi connectivity index (χ2v) is 6.05. The van der Waals surface area contributed by atoms with Gasteiger partial charge in [0.05, 0.1) is 9.40 Å². The van der Waals surface area contributed by atoms with E-state index in [1.165, 1.54) is 18.9 Å². The minimum Gasteiger partial charge on any atom is -0.340 e. The average molecular weight is 356 g/mol. The van der Waals surface area contributed by atoms with Crippen molar-refractivity contribution in [1.82, 2.24) is 9.80 Å². The molecule has 0 N–H and O–H groups in total. The molecule has 2 rings (SSSR count). The summed E-state index contributed by atoms with van der Waals surface area (Å²) in [7, 11) is 1.73. The lowest BCUT2D eigenvalue weighted by atomic mass is 10.2. The SMILES string of the molecule is CN(CCN1CCCC1)C(=O)c1ccc(Br)c([N+](=O)[O-])c1. The summed E-state index contributed by atoms with van der Waals surface area (Å²) in [6, 6.07) is 4.46. The van der Waals surface area contributed by atoms with Crippen LogP contribution in [-0.4, -0.2) is 53.9 Å². The number of hydrogen-bond donors (Lipinski definition) is 0. The Kier molecular flexibility index (Phi) is 5.30. The molecule has 0 spiro atoms. The van der Waals surface area contributed by atoms with Crippen LogP contribution < -0.4 is 0 Å². The number of carbonyl (C=O) groups is 1. The first-order valence-corrected chi connectivity index (χ1v) is 7.70. The number of likely N-dealkylation sites (N-methyl/N-ethyl adjacent to an activating group) is 1. The Morgan fingerprint density at radius 1 is 1.43 bits per heavy atom. The molecule has 0 atom stereocenters. The number of likely N-dealkylation sites (tertiary alicyclic amines) is 1. The van der Waals surface area contributed by atoms with Gasteiger partial charge in [-0.3, -0.25) is 14.9 Å². The molecule has 0 aromatic heterocycles. The number of rotatable bonds is 5. The largest absolute Gasteiger partial charge is 0.340 e. The first-order valence-electron chi connectivity index (χ1n) is 6.91. The number of nitro groups is 1. The molecular weight excluding hydrogens is 338 g/mol. The van der Waals surface area contributed by atoms with Gasteiger partial charge in [-0.15, -0.1) is 0 Å². The molecule has 1 amide bonds. The molecule has 1 aromatic rings. The molecule has 1 fully saturated rings. The van der Waals surface area contributed by atoms with Crippen molar-refractivity contribution in [2.75, 3.05) is 33.2 Å². The fourth-order valence-corrected chi connectivity index (χ4v) is 2.80. The van der Waals surface area contributed by atoms with Gasteiger partial charge in [0.15, 0.2) is 0 Å². The molecule has 0 aliphatic carbocycles. The summed E-state index contributed by atoms with van der Waals surface area (Å²) in [6.07, 6.45) is 2.44. The zero-order valence-corrected chi connectivity index (χ0v) is 13.5. The van der Waals surface area contributed by atoms with Gasteiger partial charge in [-0.2, -0.15) is 0 Å². The molecule has 1 aliphatic heterocycles. The van der Waals surface area contributed by atoms with E-state index in [0.29, 0.717) is 16.6 Å². The normalized spacial score (nSPS) is 15.1. The standard InChI is InChI=1S/C14H18BrN3O3/c1-16(8-9-17-6-2-3-7-17)14(19)11-4-5-12(15)13(10-11)18(20)21/h4-5,10H,2-3,6-9H2,1H3. The van der Waals surface area contributed by atoms with Gasteiger partial charge in [0.1, 0.15) is 0 Å². The molecular formula is C14H18BrN3O3. The van der Waals surface area contributed by atoms with Gasteiger partial charge < -0.3 is 9.80 Å². The maximum Gasteiger partial charge on any atom is 0.284 e. The van der Waals surface area contributed by atoms with Crippen LogP contribution >= 0.6 is 15.9 Å². The van der Waals surface area contributed by atoms with Gasteiger partial charge in [0.2, 0.25) is 0 Å². The number of carbonyl (C=O) groups excluding carboxylic acids is 1. The van der Waals surface area contributed by atoms with Gasteiger partial charge in [-0.25, -0.2) is 0 Å². The van der Waals surface area contributed by atoms with Crippen molar-refractivity contribution in [3.8, 4) is 0 Å². The highest BCUT2D eigenvalue weighted by Crippen LogP contribution is 2.26. The minimum absolute atomic E-state index is 0.0891. The first-order chi connectivity index (χ1) is 9.99. The fraction of sp³-hybridized carbons (Fsp3) is 0.500. The predicted octanol–water partition coefficient (Wildman–Crippen LogP) is 2.53. The summed E-state index contributed by atoms with van der Waals surface area (Å²) < 4.78 is 0.378. The summed E-state index contributed by atoms with van der Waals surface area (Å²) >= 11 is 3.12. The van der Waals surface area contributed by atoms with Crippen molar-refractivity contribution in [1.29, 1.82) is 0 Å². The molecule has 21 heavy (non-hydrogen) atoms. The van der Waals surface area contributed by atoms with E-state index in [0.717, 1.165) is 19.6 Å². The van der Waals surface area contributed by atoms with Gasteiger partial charge in [-0.1, -0.05) is 0 Å². The third-order valence-electron chi connectivity index (χ3n) is 3.69. The Hall–Kier alpha value is -1.47. The van der Waals surface area contributed by atoms with Crippen LogP contribution in [0, 0.1) is 10.1 Å². The van der Waals surface area contributed by atoms with Crippen molar-refractivity contribution in [3.05, 3.63) is 38.3 Å². The summed E-state index contributed by atoms with van der Waals surface area (Å²) in [4.78, 5) is 26.7. The summed E-state index contributed by atoms with van der Waals surface area (Å²) in [5.41, 5.74) is 0.252. The summed E-state index contributed by atoms with van der Waals surface area (Å²) in [5, 5.41) is 10.9. The zero-order valence-electron chi connectivity index (χ0n) is 11.9. The number of halogens is 1. The van der Waals surface area contributed by atoms with Crippen LogP contribution in [0.2, 0.25) is 0 Å². The Morgan fingerprint density at radius 3 is 2.71 bits per heavy atom. The van der Waals surface area contributed by atoms with E-state index < -0.39 is 4.92 Å². The predicted molar refractivity (Wildman–Crippen MR) is 83.4 cm³/mol. The lowest BCUT2D eigenvalue weighted by Crippen LogP contribution is -2.35. The van der Waals surface area contributed by atoms with Gasteiger partial charge in [0.25, 0.3) is 11.6 Å². The molecule has 1 saturated heterocycles. The van der Waals surface area contributed by atoms with E-state index in [-0.39, 0.29) is 11.6 Å². The number of nitro benzene ring substituents is 1. The van der Waals surface area contributed by atoms with Crippen molar-refractivity contribution in [2.24, 2.45) is 0 Å².